The van der Waals surface area contributed by atoms with Crippen molar-refractivity contribution in [2.75, 3.05) is 11.9 Å². The number of nitrogens with one attached hydrogen (secondary N) is 2. The number of rotatable bonds is 3. The molecule has 1 heterocycles. The van der Waals surface area contributed by atoms with Gasteiger partial charge in [-0.1, -0.05) is 12.2 Å². The standard InChI is InChI=1S/C14H17N3O4S/c1-5-20-12(18)9-6-8(7-15)11(22)16-10(9)17-13(19)21-14(2,3)4/h6H,5H2,1-4H3,(H2,16,17,19,22). The van der Waals surface area contributed by atoms with Crippen LogP contribution in [-0.4, -0.2) is 29.3 Å². The fourth-order valence-electron chi connectivity index (χ4n) is 1.49. The number of ether oxygens (including phenoxy) is 2. The number of hydrogen-bond donors (Lipinski definition) is 2. The second kappa shape index (κ2) is 7.04. The molecule has 0 aliphatic rings. The predicted molar refractivity (Wildman–Crippen MR) is 82.2 cm³/mol. The summed E-state index contributed by atoms with van der Waals surface area (Å²) in [4.78, 5) is 26.4. The summed E-state index contributed by atoms with van der Waals surface area (Å²) in [5, 5.41) is 11.4. The van der Waals surface area contributed by atoms with Crippen molar-refractivity contribution < 1.29 is 19.1 Å². The minimum absolute atomic E-state index is 0.00198. The van der Waals surface area contributed by atoms with Crippen LogP contribution in [0.15, 0.2) is 6.07 Å². The van der Waals surface area contributed by atoms with Crippen LogP contribution in [0.3, 0.4) is 0 Å². The molecule has 8 heteroatoms. The summed E-state index contributed by atoms with van der Waals surface area (Å²) in [5.74, 6) is -0.659. The van der Waals surface area contributed by atoms with Crippen molar-refractivity contribution in [2.24, 2.45) is 0 Å². The Bertz CT molecular complexity index is 683. The molecule has 1 aromatic rings. The Labute approximate surface area is 133 Å². The van der Waals surface area contributed by atoms with E-state index in [-0.39, 0.29) is 28.2 Å². The maximum Gasteiger partial charge on any atom is 0.413 e. The molecule has 0 radical (unpaired) electrons. The molecule has 0 fully saturated rings. The summed E-state index contributed by atoms with van der Waals surface area (Å²) >= 11 is 4.99. The van der Waals surface area contributed by atoms with Gasteiger partial charge in [0.15, 0.2) is 0 Å². The van der Waals surface area contributed by atoms with Gasteiger partial charge in [-0.05, 0) is 33.8 Å². The maximum absolute atomic E-state index is 11.9. The van der Waals surface area contributed by atoms with Gasteiger partial charge in [-0.15, -0.1) is 0 Å². The van der Waals surface area contributed by atoms with E-state index in [0.717, 1.165) is 0 Å². The number of carbonyl (C=O) groups excluding carboxylic acids is 2. The minimum Gasteiger partial charge on any atom is -0.462 e. The summed E-state index contributed by atoms with van der Waals surface area (Å²) in [6.45, 7) is 6.93. The van der Waals surface area contributed by atoms with Crippen LogP contribution in [0, 0.1) is 16.0 Å². The van der Waals surface area contributed by atoms with Gasteiger partial charge < -0.3 is 14.5 Å². The van der Waals surface area contributed by atoms with Crippen LogP contribution in [0.5, 0.6) is 0 Å². The number of amides is 1. The zero-order valence-corrected chi connectivity index (χ0v) is 13.6. The molecule has 7 nitrogen and oxygen atoms in total. The van der Waals surface area contributed by atoms with Crippen molar-refractivity contribution in [1.29, 1.82) is 5.26 Å². The zero-order valence-electron chi connectivity index (χ0n) is 12.8. The van der Waals surface area contributed by atoms with E-state index in [9.17, 15) is 9.59 Å². The number of nitriles is 1. The third kappa shape index (κ3) is 4.86. The molecule has 0 saturated carbocycles. The number of anilines is 1. The van der Waals surface area contributed by atoms with Gasteiger partial charge in [0.2, 0.25) is 0 Å². The molecular formula is C14H17N3O4S. The average Bonchev–Trinajstić information content (AvgIpc) is 2.36. The van der Waals surface area contributed by atoms with E-state index in [1.54, 1.807) is 27.7 Å². The minimum atomic E-state index is -0.756. The van der Waals surface area contributed by atoms with Crippen LogP contribution < -0.4 is 5.32 Å². The van der Waals surface area contributed by atoms with Gasteiger partial charge in [-0.25, -0.2) is 9.59 Å². The molecule has 1 amide bonds. The molecule has 22 heavy (non-hydrogen) atoms. The van der Waals surface area contributed by atoms with E-state index in [1.165, 1.54) is 6.07 Å². The van der Waals surface area contributed by atoms with Crippen molar-refractivity contribution in [2.45, 2.75) is 33.3 Å². The summed E-state index contributed by atoms with van der Waals surface area (Å²) in [7, 11) is 0. The molecule has 0 aliphatic carbocycles. The molecular weight excluding hydrogens is 306 g/mol. The van der Waals surface area contributed by atoms with Gasteiger partial charge in [0.25, 0.3) is 0 Å². The van der Waals surface area contributed by atoms with Gasteiger partial charge in [0.05, 0.1) is 12.2 Å². The third-order valence-electron chi connectivity index (χ3n) is 2.28. The summed E-state index contributed by atoms with van der Waals surface area (Å²) < 4.78 is 10.1. The lowest BCUT2D eigenvalue weighted by molar-refractivity contribution is 0.0527. The average molecular weight is 323 g/mol. The van der Waals surface area contributed by atoms with Crippen LogP contribution in [0.1, 0.15) is 43.6 Å². The first-order valence-electron chi connectivity index (χ1n) is 6.52. The first kappa shape index (κ1) is 17.7. The van der Waals surface area contributed by atoms with Crippen molar-refractivity contribution in [3.63, 3.8) is 0 Å². The largest absolute Gasteiger partial charge is 0.462 e. The van der Waals surface area contributed by atoms with E-state index >= 15 is 0 Å². The fraction of sp³-hybridized carbons (Fsp3) is 0.429. The molecule has 118 valence electrons. The number of hydrogen-bond acceptors (Lipinski definition) is 6. The molecule has 0 unspecified atom stereocenters. The molecule has 0 saturated heterocycles. The molecule has 0 spiro atoms. The van der Waals surface area contributed by atoms with E-state index < -0.39 is 17.7 Å². The summed E-state index contributed by atoms with van der Waals surface area (Å²) in [5.41, 5.74) is -0.594. The lowest BCUT2D eigenvalue weighted by Crippen LogP contribution is -2.28. The maximum atomic E-state index is 11.9. The predicted octanol–water partition coefficient (Wildman–Crippen LogP) is 3.14. The molecule has 0 bridgehead atoms. The third-order valence-corrected chi connectivity index (χ3v) is 2.60. The summed E-state index contributed by atoms with van der Waals surface area (Å²) in [6.07, 6.45) is -0.756. The van der Waals surface area contributed by atoms with Gasteiger partial charge in [-0.3, -0.25) is 5.32 Å². The fourth-order valence-corrected chi connectivity index (χ4v) is 1.69. The first-order chi connectivity index (χ1) is 10.2. The lowest BCUT2D eigenvalue weighted by atomic mass is 10.2. The molecule has 1 rings (SSSR count). The highest BCUT2D eigenvalue weighted by Crippen LogP contribution is 2.18. The Balaban J connectivity index is 3.20. The van der Waals surface area contributed by atoms with E-state index in [0.29, 0.717) is 0 Å². The number of esters is 1. The number of H-pyrrole nitrogens is 1. The number of pyridine rings is 1. The highest BCUT2D eigenvalue weighted by molar-refractivity contribution is 7.71. The Kier molecular flexibility index (Phi) is 5.65. The second-order valence-corrected chi connectivity index (χ2v) is 5.67. The molecule has 2 N–H and O–H groups in total. The second-order valence-electron chi connectivity index (χ2n) is 5.26. The topological polar surface area (TPSA) is 104 Å². The molecule has 1 aromatic heterocycles. The van der Waals surface area contributed by atoms with Crippen molar-refractivity contribution in [3.05, 3.63) is 21.8 Å². The SMILES string of the molecule is CCOC(=O)c1cc(C#N)c(=S)[nH]c1NC(=O)OC(C)(C)C. The first-order valence-corrected chi connectivity index (χ1v) is 6.93. The quantitative estimate of drug-likeness (QED) is 0.654. The van der Waals surface area contributed by atoms with E-state index in [4.69, 9.17) is 27.0 Å². The number of aromatic nitrogens is 1. The Morgan fingerprint density at radius 1 is 1.45 bits per heavy atom. The van der Waals surface area contributed by atoms with Crippen LogP contribution >= 0.6 is 12.2 Å². The van der Waals surface area contributed by atoms with Crippen molar-refractivity contribution in [1.82, 2.24) is 4.98 Å². The molecule has 0 atom stereocenters. The smallest absolute Gasteiger partial charge is 0.413 e. The van der Waals surface area contributed by atoms with Crippen molar-refractivity contribution in [3.8, 4) is 6.07 Å². The zero-order chi connectivity index (χ0) is 16.9. The van der Waals surface area contributed by atoms with Gasteiger partial charge in [0, 0.05) is 0 Å². The van der Waals surface area contributed by atoms with Gasteiger partial charge in [-0.2, -0.15) is 5.26 Å². The monoisotopic (exact) mass is 323 g/mol. The van der Waals surface area contributed by atoms with Crippen LogP contribution in [0.25, 0.3) is 0 Å². The summed E-state index contributed by atoms with van der Waals surface area (Å²) in [6, 6.07) is 3.13. The van der Waals surface area contributed by atoms with Gasteiger partial charge >= 0.3 is 12.1 Å². The number of aromatic amines is 1. The van der Waals surface area contributed by atoms with Crippen LogP contribution in [0.4, 0.5) is 10.6 Å². The highest BCUT2D eigenvalue weighted by atomic mass is 32.1. The Hall–Kier alpha value is -2.40. The molecule has 0 aromatic carbocycles. The number of carbonyl (C=O) groups is 2. The van der Waals surface area contributed by atoms with Crippen molar-refractivity contribution >= 4 is 30.1 Å². The molecule has 0 aliphatic heterocycles. The van der Waals surface area contributed by atoms with Crippen LogP contribution in [-0.2, 0) is 9.47 Å². The van der Waals surface area contributed by atoms with E-state index in [2.05, 4.69) is 10.3 Å². The lowest BCUT2D eigenvalue weighted by Gasteiger charge is -2.20. The number of nitrogens with zero attached hydrogens (tertiary/aromatic N) is 1. The van der Waals surface area contributed by atoms with Gasteiger partial charge in [0.1, 0.15) is 27.7 Å². The van der Waals surface area contributed by atoms with E-state index in [1.807, 2.05) is 6.07 Å². The highest BCUT2D eigenvalue weighted by Gasteiger charge is 2.21. The Morgan fingerprint density at radius 3 is 2.59 bits per heavy atom. The Morgan fingerprint density at radius 2 is 2.09 bits per heavy atom. The normalized spacial score (nSPS) is 10.5. The van der Waals surface area contributed by atoms with Crippen LogP contribution in [0.2, 0.25) is 0 Å².